The van der Waals surface area contributed by atoms with E-state index in [0.717, 1.165) is 12.8 Å². The number of nitrogens with one attached hydrogen (secondary N) is 1. The van der Waals surface area contributed by atoms with E-state index in [-0.39, 0.29) is 18.4 Å². The first-order valence-corrected chi connectivity index (χ1v) is 5.75. The Kier molecular flexibility index (Phi) is 5.02. The monoisotopic (exact) mass is 225 g/mol. The van der Waals surface area contributed by atoms with Gasteiger partial charge in [0.05, 0.1) is 0 Å². The van der Waals surface area contributed by atoms with E-state index in [0.29, 0.717) is 18.8 Å². The minimum Gasteiger partial charge on any atom is -0.481 e. The Labute approximate surface area is 95.7 Å². The lowest BCUT2D eigenvalue weighted by Gasteiger charge is -2.14. The summed E-state index contributed by atoms with van der Waals surface area (Å²) in [5, 5.41) is 11.3. The number of amides is 1. The molecule has 0 aromatic rings. The second-order valence-electron chi connectivity index (χ2n) is 4.37. The van der Waals surface area contributed by atoms with Gasteiger partial charge in [-0.1, -0.05) is 12.2 Å². The average Bonchev–Trinajstić information content (AvgIpc) is 2.67. The summed E-state index contributed by atoms with van der Waals surface area (Å²) < 4.78 is 0. The molecule has 0 heterocycles. The summed E-state index contributed by atoms with van der Waals surface area (Å²) in [5.41, 5.74) is 0. The molecule has 1 aliphatic carbocycles. The Hall–Kier alpha value is -1.32. The fraction of sp³-hybridized carbons (Fsp3) is 0.667. The molecule has 2 N–H and O–H groups in total. The van der Waals surface area contributed by atoms with Crippen LogP contribution in [0.3, 0.4) is 0 Å². The molecule has 0 aromatic heterocycles. The van der Waals surface area contributed by atoms with Crippen LogP contribution < -0.4 is 5.32 Å². The van der Waals surface area contributed by atoms with Crippen LogP contribution in [0, 0.1) is 5.92 Å². The van der Waals surface area contributed by atoms with Gasteiger partial charge in [0.15, 0.2) is 0 Å². The Morgan fingerprint density at radius 1 is 1.56 bits per heavy atom. The van der Waals surface area contributed by atoms with Gasteiger partial charge in [-0.2, -0.15) is 0 Å². The molecule has 0 aliphatic heterocycles. The lowest BCUT2D eigenvalue weighted by atomic mass is 10.0. The highest BCUT2D eigenvalue weighted by Gasteiger charge is 2.15. The second-order valence-corrected chi connectivity index (χ2v) is 4.37. The van der Waals surface area contributed by atoms with Gasteiger partial charge in [-0.3, -0.25) is 9.59 Å². The van der Waals surface area contributed by atoms with Crippen molar-refractivity contribution in [3.8, 4) is 0 Å². The molecule has 16 heavy (non-hydrogen) atoms. The Morgan fingerprint density at radius 2 is 2.31 bits per heavy atom. The van der Waals surface area contributed by atoms with Crippen LogP contribution in [0.25, 0.3) is 0 Å². The Bertz CT molecular complexity index is 286. The number of aliphatic carboxylic acids is 1. The molecule has 4 heteroatoms. The van der Waals surface area contributed by atoms with Crippen molar-refractivity contribution in [2.75, 3.05) is 0 Å². The van der Waals surface area contributed by atoms with E-state index in [1.165, 1.54) is 0 Å². The van der Waals surface area contributed by atoms with Crippen molar-refractivity contribution in [1.29, 1.82) is 0 Å². The van der Waals surface area contributed by atoms with Crippen LogP contribution in [-0.2, 0) is 9.59 Å². The van der Waals surface area contributed by atoms with Gasteiger partial charge in [0.2, 0.25) is 5.91 Å². The SMILES string of the molecule is CC(CCC(=O)O)NC(=O)CC1C=CCC1. The van der Waals surface area contributed by atoms with Gasteiger partial charge in [0, 0.05) is 18.9 Å². The Morgan fingerprint density at radius 3 is 2.88 bits per heavy atom. The quantitative estimate of drug-likeness (QED) is 0.676. The van der Waals surface area contributed by atoms with Crippen LogP contribution in [0.1, 0.15) is 39.0 Å². The number of carbonyl (C=O) groups is 2. The first kappa shape index (κ1) is 12.7. The second kappa shape index (κ2) is 6.30. The summed E-state index contributed by atoms with van der Waals surface area (Å²) in [6.07, 6.45) is 7.41. The number of carboxylic acid groups (broad SMARTS) is 1. The smallest absolute Gasteiger partial charge is 0.303 e. The standard InChI is InChI=1S/C12H19NO3/c1-9(6-7-12(15)16)13-11(14)8-10-4-2-3-5-10/h2,4,9-10H,3,5-8H2,1H3,(H,13,14)(H,15,16). The molecule has 0 radical (unpaired) electrons. The molecule has 1 amide bonds. The zero-order valence-electron chi connectivity index (χ0n) is 9.61. The molecule has 1 rings (SSSR count). The van der Waals surface area contributed by atoms with E-state index < -0.39 is 5.97 Å². The molecular formula is C12H19NO3. The number of hydrogen-bond donors (Lipinski definition) is 2. The maximum absolute atomic E-state index is 11.6. The van der Waals surface area contributed by atoms with Crippen LogP contribution in [0.4, 0.5) is 0 Å². The fourth-order valence-electron chi connectivity index (χ4n) is 1.85. The molecule has 1 aliphatic rings. The van der Waals surface area contributed by atoms with Gasteiger partial charge in [-0.15, -0.1) is 0 Å². The van der Waals surface area contributed by atoms with E-state index in [1.807, 2.05) is 6.92 Å². The van der Waals surface area contributed by atoms with Gasteiger partial charge in [0.1, 0.15) is 0 Å². The third-order valence-corrected chi connectivity index (χ3v) is 2.76. The van der Waals surface area contributed by atoms with Crippen molar-refractivity contribution in [2.45, 2.75) is 45.1 Å². The van der Waals surface area contributed by atoms with Gasteiger partial charge in [-0.25, -0.2) is 0 Å². The van der Waals surface area contributed by atoms with Crippen LogP contribution in [0.5, 0.6) is 0 Å². The van der Waals surface area contributed by atoms with Crippen molar-refractivity contribution in [2.24, 2.45) is 5.92 Å². The number of hydrogen-bond acceptors (Lipinski definition) is 2. The third kappa shape index (κ3) is 4.96. The molecule has 0 fully saturated rings. The predicted molar refractivity (Wildman–Crippen MR) is 61.0 cm³/mol. The first-order valence-electron chi connectivity index (χ1n) is 5.75. The predicted octanol–water partition coefficient (Wildman–Crippen LogP) is 1.71. The molecular weight excluding hydrogens is 206 g/mol. The van der Waals surface area contributed by atoms with Crippen LogP contribution in [0.2, 0.25) is 0 Å². The summed E-state index contributed by atoms with van der Waals surface area (Å²) >= 11 is 0. The number of rotatable bonds is 6. The highest BCUT2D eigenvalue weighted by molar-refractivity contribution is 5.76. The van der Waals surface area contributed by atoms with Crippen molar-refractivity contribution in [1.82, 2.24) is 5.32 Å². The molecule has 2 atom stereocenters. The van der Waals surface area contributed by atoms with Crippen molar-refractivity contribution in [3.63, 3.8) is 0 Å². The molecule has 0 spiro atoms. The zero-order chi connectivity index (χ0) is 12.0. The molecule has 4 nitrogen and oxygen atoms in total. The molecule has 0 saturated heterocycles. The highest BCUT2D eigenvalue weighted by Crippen LogP contribution is 2.20. The number of carboxylic acids is 1. The van der Waals surface area contributed by atoms with Crippen molar-refractivity contribution >= 4 is 11.9 Å². The summed E-state index contributed by atoms with van der Waals surface area (Å²) in [6, 6.07) is -0.0611. The van der Waals surface area contributed by atoms with Crippen LogP contribution in [0.15, 0.2) is 12.2 Å². The molecule has 90 valence electrons. The molecule has 2 unspecified atom stereocenters. The van der Waals surface area contributed by atoms with Gasteiger partial charge >= 0.3 is 5.97 Å². The lowest BCUT2D eigenvalue weighted by Crippen LogP contribution is -2.33. The van der Waals surface area contributed by atoms with Crippen LogP contribution >= 0.6 is 0 Å². The fourth-order valence-corrected chi connectivity index (χ4v) is 1.85. The first-order chi connectivity index (χ1) is 7.58. The van der Waals surface area contributed by atoms with Crippen LogP contribution in [-0.4, -0.2) is 23.0 Å². The van der Waals surface area contributed by atoms with E-state index >= 15 is 0 Å². The molecule has 0 aromatic carbocycles. The van der Waals surface area contributed by atoms with Crippen molar-refractivity contribution < 1.29 is 14.7 Å². The third-order valence-electron chi connectivity index (χ3n) is 2.76. The number of carbonyl (C=O) groups excluding carboxylic acids is 1. The maximum atomic E-state index is 11.6. The van der Waals surface area contributed by atoms with Gasteiger partial charge in [0.25, 0.3) is 0 Å². The minimum atomic E-state index is -0.820. The minimum absolute atomic E-state index is 0.0226. The zero-order valence-corrected chi connectivity index (χ0v) is 9.61. The molecule has 0 saturated carbocycles. The van der Waals surface area contributed by atoms with E-state index in [9.17, 15) is 9.59 Å². The average molecular weight is 225 g/mol. The van der Waals surface area contributed by atoms with Gasteiger partial charge in [-0.05, 0) is 32.1 Å². The largest absolute Gasteiger partial charge is 0.481 e. The summed E-state index contributed by atoms with van der Waals surface area (Å²) in [7, 11) is 0. The van der Waals surface area contributed by atoms with E-state index in [1.54, 1.807) is 0 Å². The lowest BCUT2D eigenvalue weighted by molar-refractivity contribution is -0.137. The number of allylic oxidation sites excluding steroid dienone is 2. The Balaban J connectivity index is 2.17. The summed E-state index contributed by atoms with van der Waals surface area (Å²) in [5.74, 6) is -0.430. The summed E-state index contributed by atoms with van der Waals surface area (Å²) in [6.45, 7) is 1.84. The van der Waals surface area contributed by atoms with Gasteiger partial charge < -0.3 is 10.4 Å². The van der Waals surface area contributed by atoms with E-state index in [2.05, 4.69) is 17.5 Å². The molecule has 0 bridgehead atoms. The van der Waals surface area contributed by atoms with E-state index in [4.69, 9.17) is 5.11 Å². The normalized spacial score (nSPS) is 20.7. The highest BCUT2D eigenvalue weighted by atomic mass is 16.4. The maximum Gasteiger partial charge on any atom is 0.303 e. The topological polar surface area (TPSA) is 66.4 Å². The van der Waals surface area contributed by atoms with Crippen molar-refractivity contribution in [3.05, 3.63) is 12.2 Å². The summed E-state index contributed by atoms with van der Waals surface area (Å²) in [4.78, 5) is 21.9.